The largest absolute Gasteiger partial charge is 0.294 e. The fraction of sp³-hybridized carbons (Fsp3) is 1.00. The molecule has 0 aliphatic heterocycles. The highest BCUT2D eigenvalue weighted by molar-refractivity contribution is 5.19. The molecule has 0 aromatic carbocycles. The highest BCUT2D eigenvalue weighted by atomic mass is 15.3. The van der Waals surface area contributed by atoms with E-state index in [1.165, 1.54) is 25.7 Å². The van der Waals surface area contributed by atoms with Gasteiger partial charge in [0.05, 0.1) is 0 Å². The van der Waals surface area contributed by atoms with Gasteiger partial charge in [0.2, 0.25) is 0 Å². The molecule has 0 radical (unpaired) electrons. The first-order valence-electron chi connectivity index (χ1n) is 48.8. The van der Waals surface area contributed by atoms with Gasteiger partial charge in [-0.1, -0.05) is 180 Å². The van der Waals surface area contributed by atoms with Crippen LogP contribution in [-0.2, 0) is 0 Å². The Balaban J connectivity index is 0.752. The Morgan fingerprint density at radius 2 is 0.320 bits per heavy atom. The minimum absolute atomic E-state index is 0.846. The molecule has 0 bridgehead atoms. The van der Waals surface area contributed by atoms with E-state index in [0.29, 0.717) is 0 Å². The summed E-state index contributed by atoms with van der Waals surface area (Å²) in [7, 11) is 0. The molecule has 20 rings (SSSR count). The third-order valence-corrected chi connectivity index (χ3v) is 40.0. The van der Waals surface area contributed by atoms with Crippen LogP contribution in [0.15, 0.2) is 0 Å². The summed E-state index contributed by atoms with van der Waals surface area (Å²) in [5.41, 5.74) is 0. The summed E-state index contributed by atoms with van der Waals surface area (Å²) >= 11 is 0. The lowest BCUT2D eigenvalue weighted by Gasteiger charge is -2.70. The van der Waals surface area contributed by atoms with Crippen molar-refractivity contribution in [1.82, 2.24) is 19.6 Å². The zero-order valence-electron chi connectivity index (χ0n) is 65.3. The third kappa shape index (κ3) is 12.6. The van der Waals surface area contributed by atoms with E-state index in [1.54, 1.807) is 372 Å². The zero-order chi connectivity index (χ0) is 65.8. The standard InChI is InChI=1S/C96H158N4/c1-5-29-67(30-6-1)97(87-45-21-41-75-71-37-17-13-25-63(71)49-53-79(75)87)91-61-92(98(68-31-7-2-8-32-68)88-46-22-42-76-72-38-18-14-26-64(72)50-54-80(76)88)84-59-60-86-94(100(70-35-11-4-12-36-70)90-48-24-44-78-74-40-20-16-28-66(74)52-56-82(78)90)62-93(85-58-57-83(91)95(84)96(85)86)99(69-33-9-3-10-34-69)89-47-23-43-77-73-39-19-15-27-65(73)51-55-81(77)89/h63-96H,1-62H2. The van der Waals surface area contributed by atoms with Gasteiger partial charge in [-0.3, -0.25) is 19.6 Å². The van der Waals surface area contributed by atoms with Crippen molar-refractivity contribution in [2.24, 2.45) is 130 Å². The summed E-state index contributed by atoms with van der Waals surface area (Å²) in [5.74, 6) is 22.6. The average molecular weight is 1370 g/mol. The molecular formula is C96H158N4. The van der Waals surface area contributed by atoms with E-state index in [4.69, 9.17) is 0 Å². The van der Waals surface area contributed by atoms with Crippen molar-refractivity contribution in [3.63, 3.8) is 0 Å². The van der Waals surface area contributed by atoms with Gasteiger partial charge in [0.25, 0.3) is 0 Å². The molecule has 0 spiro atoms. The van der Waals surface area contributed by atoms with E-state index in [1.807, 2.05) is 0 Å². The molecule has 0 N–H and O–H groups in total. The number of hydrogen-bond acceptors (Lipinski definition) is 4. The second kappa shape index (κ2) is 30.6. The molecule has 20 fully saturated rings. The van der Waals surface area contributed by atoms with E-state index >= 15 is 0 Å². The maximum Gasteiger partial charge on any atom is 0.0147 e. The summed E-state index contributed by atoms with van der Waals surface area (Å²) in [6, 6.07) is 10.4. The van der Waals surface area contributed by atoms with Gasteiger partial charge < -0.3 is 0 Å². The van der Waals surface area contributed by atoms with Crippen molar-refractivity contribution >= 4 is 0 Å². The number of nitrogens with zero attached hydrogens (tertiary/aromatic N) is 4. The van der Waals surface area contributed by atoms with Crippen LogP contribution in [0.2, 0.25) is 0 Å². The zero-order valence-corrected chi connectivity index (χ0v) is 65.3. The first kappa shape index (κ1) is 69.1. The molecule has 0 aromatic heterocycles. The van der Waals surface area contributed by atoms with Crippen LogP contribution in [0, 0.1) is 130 Å². The molecule has 0 saturated heterocycles. The summed E-state index contributed by atoms with van der Waals surface area (Å²) < 4.78 is 0. The first-order chi connectivity index (χ1) is 49.7. The Hall–Kier alpha value is -0.160. The minimum Gasteiger partial charge on any atom is -0.294 e. The highest BCUT2D eigenvalue weighted by Gasteiger charge is 2.67. The van der Waals surface area contributed by atoms with E-state index < -0.39 is 0 Å². The third-order valence-electron chi connectivity index (χ3n) is 40.0. The Bertz CT molecular complexity index is 2280. The van der Waals surface area contributed by atoms with Crippen molar-refractivity contribution < 1.29 is 0 Å². The Kier molecular flexibility index (Phi) is 21.1. The lowest BCUT2D eigenvalue weighted by molar-refractivity contribution is -0.207. The molecule has 20 saturated carbocycles. The number of hydrogen-bond donors (Lipinski definition) is 0. The molecule has 4 heteroatoms. The van der Waals surface area contributed by atoms with Crippen LogP contribution in [0.25, 0.3) is 0 Å². The second-order valence-corrected chi connectivity index (χ2v) is 43.1. The molecule has 4 nitrogen and oxygen atoms in total. The van der Waals surface area contributed by atoms with Gasteiger partial charge in [-0.15, -0.1) is 0 Å². The SMILES string of the molecule is C1CCC(N(C2CCCC3C4CCCCC4CCC32)C2CC(N(C3CCCCC3)C3CCCC4C5CCCCC5CCC43)C3CCC4C5C(CCC2C35)C(N(C2CCCCC2)C2CCCC3C5CCCCC5CCC32)CC4N(C2CCCCC2)C2CCCC3C4CCCCC4CCC32)CC1. The van der Waals surface area contributed by atoms with E-state index in [0.717, 1.165) is 203 Å². The van der Waals surface area contributed by atoms with Gasteiger partial charge in [-0.05, 0) is 349 Å². The van der Waals surface area contributed by atoms with Gasteiger partial charge in [-0.25, -0.2) is 0 Å². The minimum atomic E-state index is 0.846. The molecule has 28 unspecified atom stereocenters. The van der Waals surface area contributed by atoms with Crippen LogP contribution >= 0.6 is 0 Å². The molecule has 20 aliphatic carbocycles. The monoisotopic (exact) mass is 1370 g/mol. The predicted molar refractivity (Wildman–Crippen MR) is 416 cm³/mol. The lowest BCUT2D eigenvalue weighted by atomic mass is 9.44. The molecule has 28 atom stereocenters. The van der Waals surface area contributed by atoms with Gasteiger partial charge in [0.1, 0.15) is 0 Å². The van der Waals surface area contributed by atoms with Crippen molar-refractivity contribution in [2.75, 3.05) is 0 Å². The number of rotatable bonds is 12. The van der Waals surface area contributed by atoms with Gasteiger partial charge in [0.15, 0.2) is 0 Å². The van der Waals surface area contributed by atoms with Crippen LogP contribution < -0.4 is 0 Å². The fourth-order valence-electron chi connectivity index (χ4n) is 36.9. The topological polar surface area (TPSA) is 13.0 Å². The Morgan fingerprint density at radius 1 is 0.120 bits per heavy atom. The van der Waals surface area contributed by atoms with Crippen LogP contribution in [0.5, 0.6) is 0 Å². The van der Waals surface area contributed by atoms with Crippen molar-refractivity contribution in [3.8, 4) is 0 Å². The fourth-order valence-corrected chi connectivity index (χ4v) is 36.9. The van der Waals surface area contributed by atoms with Crippen molar-refractivity contribution in [3.05, 3.63) is 0 Å². The molecular weight excluding hydrogens is 1210 g/mol. The summed E-state index contributed by atoms with van der Waals surface area (Å²) in [4.78, 5) is 15.3. The van der Waals surface area contributed by atoms with Gasteiger partial charge in [-0.2, -0.15) is 0 Å². The normalized spacial score (nSPS) is 50.5. The Morgan fingerprint density at radius 3 is 0.560 bits per heavy atom. The van der Waals surface area contributed by atoms with E-state index in [2.05, 4.69) is 19.6 Å². The smallest absolute Gasteiger partial charge is 0.0147 e. The van der Waals surface area contributed by atoms with Crippen LogP contribution in [0.3, 0.4) is 0 Å². The molecule has 562 valence electrons. The molecule has 0 aromatic rings. The highest BCUT2D eigenvalue weighted by Crippen LogP contribution is 2.68. The quantitative estimate of drug-likeness (QED) is 0.193. The van der Waals surface area contributed by atoms with Crippen LogP contribution in [0.1, 0.15) is 398 Å². The van der Waals surface area contributed by atoms with Crippen molar-refractivity contribution in [1.29, 1.82) is 0 Å². The van der Waals surface area contributed by atoms with E-state index in [-0.39, 0.29) is 0 Å². The number of fused-ring (bicyclic) bond motifs is 12. The molecule has 0 amide bonds. The summed E-state index contributed by atoms with van der Waals surface area (Å²) in [5, 5.41) is 0. The van der Waals surface area contributed by atoms with Crippen molar-refractivity contribution in [2.45, 2.75) is 471 Å². The molecule has 0 heterocycles. The van der Waals surface area contributed by atoms with E-state index in [9.17, 15) is 0 Å². The summed E-state index contributed by atoms with van der Waals surface area (Å²) in [6.45, 7) is 0. The maximum atomic E-state index is 3.82. The first-order valence-corrected chi connectivity index (χ1v) is 48.8. The van der Waals surface area contributed by atoms with Gasteiger partial charge >= 0.3 is 0 Å². The lowest BCUT2D eigenvalue weighted by Crippen LogP contribution is -2.73. The Labute approximate surface area is 616 Å². The van der Waals surface area contributed by atoms with Crippen LogP contribution in [-0.4, -0.2) is 92.1 Å². The van der Waals surface area contributed by atoms with Gasteiger partial charge in [0, 0.05) is 72.5 Å². The van der Waals surface area contributed by atoms with Crippen LogP contribution in [0.4, 0.5) is 0 Å². The predicted octanol–water partition coefficient (Wildman–Crippen LogP) is 24.6. The maximum absolute atomic E-state index is 3.82. The molecule has 100 heavy (non-hydrogen) atoms. The average Bonchev–Trinajstić information content (AvgIpc) is 0.697. The summed E-state index contributed by atoms with van der Waals surface area (Å²) in [6.07, 6.45) is 98.0. The second-order valence-electron chi connectivity index (χ2n) is 43.1. The molecule has 20 aliphatic rings.